The van der Waals surface area contributed by atoms with Crippen molar-refractivity contribution in [1.29, 1.82) is 0 Å². The van der Waals surface area contributed by atoms with E-state index >= 15 is 0 Å². The monoisotopic (exact) mass is 297 g/mol. The van der Waals surface area contributed by atoms with Crippen LogP contribution in [0.5, 0.6) is 0 Å². The molecule has 0 amide bonds. The molecule has 0 spiro atoms. The molecule has 1 atom stereocenters. The van der Waals surface area contributed by atoms with Gasteiger partial charge in [0.15, 0.2) is 9.84 Å². The van der Waals surface area contributed by atoms with Crippen LogP contribution in [0.3, 0.4) is 0 Å². The lowest BCUT2D eigenvalue weighted by molar-refractivity contribution is 0.133. The molecule has 1 aliphatic rings. The van der Waals surface area contributed by atoms with Crippen LogP contribution in [-0.2, 0) is 16.3 Å². The molecule has 2 N–H and O–H groups in total. The SMILES string of the molecule is CN(CCc1ccccn1)C1(CN)CCCS(=O)(=O)C1. The van der Waals surface area contributed by atoms with E-state index in [1.165, 1.54) is 0 Å². The fraction of sp³-hybridized carbons (Fsp3) is 0.643. The van der Waals surface area contributed by atoms with E-state index in [9.17, 15) is 8.42 Å². The van der Waals surface area contributed by atoms with E-state index in [1.807, 2.05) is 25.2 Å². The first-order valence-electron chi connectivity index (χ1n) is 6.99. The molecule has 0 aromatic carbocycles. The van der Waals surface area contributed by atoms with Crippen LogP contribution in [-0.4, -0.2) is 55.5 Å². The summed E-state index contributed by atoms with van der Waals surface area (Å²) in [5, 5.41) is 0. The molecule has 2 rings (SSSR count). The molecule has 0 bridgehead atoms. The van der Waals surface area contributed by atoms with Gasteiger partial charge >= 0.3 is 0 Å². The number of rotatable bonds is 5. The fourth-order valence-electron chi connectivity index (χ4n) is 2.86. The third-order valence-electron chi connectivity index (χ3n) is 4.21. The smallest absolute Gasteiger partial charge is 0.152 e. The Hall–Kier alpha value is -0.980. The molecular formula is C14H23N3O2S. The molecular weight excluding hydrogens is 274 g/mol. The third-order valence-corrected chi connectivity index (χ3v) is 6.09. The molecule has 1 aromatic heterocycles. The number of sulfone groups is 1. The molecule has 6 heteroatoms. The minimum absolute atomic E-state index is 0.176. The zero-order valence-corrected chi connectivity index (χ0v) is 12.8. The Kier molecular flexibility index (Phi) is 4.78. The van der Waals surface area contributed by atoms with Gasteiger partial charge in [-0.05, 0) is 32.0 Å². The van der Waals surface area contributed by atoms with Crippen molar-refractivity contribution in [1.82, 2.24) is 9.88 Å². The molecule has 1 saturated heterocycles. The predicted molar refractivity (Wildman–Crippen MR) is 80.2 cm³/mol. The molecule has 1 fully saturated rings. The lowest BCUT2D eigenvalue weighted by Gasteiger charge is -2.43. The van der Waals surface area contributed by atoms with Crippen LogP contribution in [0, 0.1) is 0 Å². The Labute approximate surface area is 121 Å². The average molecular weight is 297 g/mol. The van der Waals surface area contributed by atoms with E-state index in [0.717, 1.165) is 25.1 Å². The summed E-state index contributed by atoms with van der Waals surface area (Å²) in [6.07, 6.45) is 4.13. The van der Waals surface area contributed by atoms with Gasteiger partial charge < -0.3 is 5.73 Å². The summed E-state index contributed by atoms with van der Waals surface area (Å²) in [5.41, 5.74) is 6.52. The van der Waals surface area contributed by atoms with Gasteiger partial charge in [0, 0.05) is 36.9 Å². The van der Waals surface area contributed by atoms with Crippen LogP contribution in [0.25, 0.3) is 0 Å². The second kappa shape index (κ2) is 6.20. The van der Waals surface area contributed by atoms with E-state index in [2.05, 4.69) is 9.88 Å². The fourth-order valence-corrected chi connectivity index (χ4v) is 4.89. The van der Waals surface area contributed by atoms with E-state index < -0.39 is 15.4 Å². The molecule has 0 saturated carbocycles. The number of nitrogens with two attached hydrogens (primary N) is 1. The lowest BCUT2D eigenvalue weighted by atomic mass is 9.93. The van der Waals surface area contributed by atoms with Crippen LogP contribution < -0.4 is 5.73 Å². The highest BCUT2D eigenvalue weighted by atomic mass is 32.2. The van der Waals surface area contributed by atoms with Crippen molar-refractivity contribution in [3.05, 3.63) is 30.1 Å². The molecule has 1 unspecified atom stereocenters. The van der Waals surface area contributed by atoms with Gasteiger partial charge in [0.05, 0.1) is 11.5 Å². The van der Waals surface area contributed by atoms with Gasteiger partial charge in [-0.2, -0.15) is 0 Å². The summed E-state index contributed by atoms with van der Waals surface area (Å²) >= 11 is 0. The number of hydrogen-bond acceptors (Lipinski definition) is 5. The Morgan fingerprint density at radius 2 is 2.25 bits per heavy atom. The summed E-state index contributed by atoms with van der Waals surface area (Å²) < 4.78 is 23.8. The molecule has 20 heavy (non-hydrogen) atoms. The van der Waals surface area contributed by atoms with Gasteiger partial charge in [-0.15, -0.1) is 0 Å². The summed E-state index contributed by atoms with van der Waals surface area (Å²) in [7, 11) is -0.999. The molecule has 1 aliphatic heterocycles. The number of hydrogen-bond donors (Lipinski definition) is 1. The second-order valence-corrected chi connectivity index (χ2v) is 7.80. The summed E-state index contributed by atoms with van der Waals surface area (Å²) in [6.45, 7) is 1.15. The summed E-state index contributed by atoms with van der Waals surface area (Å²) in [5.74, 6) is 0.470. The minimum Gasteiger partial charge on any atom is -0.329 e. The summed E-state index contributed by atoms with van der Waals surface area (Å²) in [6, 6.07) is 5.84. The molecule has 5 nitrogen and oxygen atoms in total. The third kappa shape index (κ3) is 3.56. The molecule has 2 heterocycles. The first kappa shape index (κ1) is 15.4. The Bertz CT molecular complexity index is 533. The van der Waals surface area contributed by atoms with Gasteiger partial charge in [0.25, 0.3) is 0 Å². The standard InChI is InChI=1S/C14H23N3O2S/c1-17(9-6-13-5-2-3-8-16-13)14(11-15)7-4-10-20(18,19)12-14/h2-3,5,8H,4,6-7,9-12,15H2,1H3. The van der Waals surface area contributed by atoms with Crippen molar-refractivity contribution in [3.8, 4) is 0 Å². The van der Waals surface area contributed by atoms with Gasteiger partial charge in [0.1, 0.15) is 0 Å². The zero-order chi connectivity index (χ0) is 14.6. The van der Waals surface area contributed by atoms with Crippen molar-refractivity contribution >= 4 is 9.84 Å². The molecule has 0 aliphatic carbocycles. The van der Waals surface area contributed by atoms with Crippen LogP contribution in [0.2, 0.25) is 0 Å². The van der Waals surface area contributed by atoms with Crippen LogP contribution in [0.15, 0.2) is 24.4 Å². The maximum Gasteiger partial charge on any atom is 0.152 e. The van der Waals surface area contributed by atoms with E-state index in [4.69, 9.17) is 5.73 Å². The first-order chi connectivity index (χ1) is 9.47. The van der Waals surface area contributed by atoms with Gasteiger partial charge in [0.2, 0.25) is 0 Å². The molecule has 112 valence electrons. The van der Waals surface area contributed by atoms with Crippen molar-refractivity contribution in [2.24, 2.45) is 5.73 Å². The van der Waals surface area contributed by atoms with Crippen LogP contribution in [0.4, 0.5) is 0 Å². The Morgan fingerprint density at radius 1 is 1.45 bits per heavy atom. The van der Waals surface area contributed by atoms with Gasteiger partial charge in [-0.3, -0.25) is 9.88 Å². The first-order valence-corrected chi connectivity index (χ1v) is 8.81. The largest absolute Gasteiger partial charge is 0.329 e. The number of aromatic nitrogens is 1. The van der Waals surface area contributed by atoms with Crippen molar-refractivity contribution in [2.45, 2.75) is 24.8 Å². The van der Waals surface area contributed by atoms with E-state index in [-0.39, 0.29) is 5.75 Å². The number of pyridine rings is 1. The zero-order valence-electron chi connectivity index (χ0n) is 12.0. The second-order valence-electron chi connectivity index (χ2n) is 5.62. The number of nitrogens with zero attached hydrogens (tertiary/aromatic N) is 2. The maximum absolute atomic E-state index is 11.9. The highest BCUT2D eigenvalue weighted by Crippen LogP contribution is 2.27. The number of likely N-dealkylation sites (N-methyl/N-ethyl adjacent to an activating group) is 1. The topological polar surface area (TPSA) is 76.3 Å². The predicted octanol–water partition coefficient (Wildman–Crippen LogP) is 0.462. The Balaban J connectivity index is 2.03. The van der Waals surface area contributed by atoms with Crippen molar-refractivity contribution in [2.75, 3.05) is 31.6 Å². The highest BCUT2D eigenvalue weighted by Gasteiger charge is 2.40. The van der Waals surface area contributed by atoms with Gasteiger partial charge in [-0.25, -0.2) is 8.42 Å². The molecule has 1 aromatic rings. The average Bonchev–Trinajstić information content (AvgIpc) is 2.44. The maximum atomic E-state index is 11.9. The Morgan fingerprint density at radius 3 is 2.85 bits per heavy atom. The summed E-state index contributed by atoms with van der Waals surface area (Å²) in [4.78, 5) is 6.41. The highest BCUT2D eigenvalue weighted by molar-refractivity contribution is 7.91. The van der Waals surface area contributed by atoms with Gasteiger partial charge in [-0.1, -0.05) is 6.07 Å². The van der Waals surface area contributed by atoms with Crippen LogP contribution >= 0.6 is 0 Å². The quantitative estimate of drug-likeness (QED) is 0.854. The normalized spacial score (nSPS) is 25.8. The molecule has 0 radical (unpaired) electrons. The van der Waals surface area contributed by atoms with E-state index in [0.29, 0.717) is 18.7 Å². The minimum atomic E-state index is -2.97. The van der Waals surface area contributed by atoms with Crippen molar-refractivity contribution in [3.63, 3.8) is 0 Å². The lowest BCUT2D eigenvalue weighted by Crippen LogP contribution is -2.59. The van der Waals surface area contributed by atoms with E-state index in [1.54, 1.807) is 6.20 Å². The van der Waals surface area contributed by atoms with Crippen LogP contribution in [0.1, 0.15) is 18.5 Å². The van der Waals surface area contributed by atoms with Crippen molar-refractivity contribution < 1.29 is 8.42 Å².